The van der Waals surface area contributed by atoms with Crippen LogP contribution >= 0.6 is 0 Å². The molecule has 0 unspecified atom stereocenters. The van der Waals surface area contributed by atoms with E-state index >= 15 is 0 Å². The number of pyridine rings is 1. The summed E-state index contributed by atoms with van der Waals surface area (Å²) < 4.78 is 5.89. The van der Waals surface area contributed by atoms with E-state index in [1.54, 1.807) is 17.2 Å². The highest BCUT2D eigenvalue weighted by molar-refractivity contribution is 6.76. The predicted octanol–water partition coefficient (Wildman–Crippen LogP) is 3.87. The van der Waals surface area contributed by atoms with Crippen molar-refractivity contribution >= 4 is 31.6 Å². The van der Waals surface area contributed by atoms with Gasteiger partial charge in [0.05, 0.1) is 5.41 Å². The summed E-state index contributed by atoms with van der Waals surface area (Å²) in [5.74, 6) is 0.681. The van der Waals surface area contributed by atoms with Crippen LogP contribution in [0.2, 0.25) is 25.7 Å². The molecule has 1 aromatic carbocycles. The van der Waals surface area contributed by atoms with Crippen molar-refractivity contribution in [3.05, 3.63) is 53.2 Å². The van der Waals surface area contributed by atoms with Crippen LogP contribution in [0.15, 0.2) is 36.5 Å². The lowest BCUT2D eigenvalue weighted by molar-refractivity contribution is -0.124. The molecule has 2 aromatic rings. The summed E-state index contributed by atoms with van der Waals surface area (Å²) in [6, 6.07) is 10.4. The number of amides is 2. The number of carboxylic acid groups (broad SMARTS) is 1. The van der Waals surface area contributed by atoms with Gasteiger partial charge in [0.25, 0.3) is 0 Å². The van der Waals surface area contributed by atoms with Gasteiger partial charge in [-0.1, -0.05) is 31.8 Å². The summed E-state index contributed by atoms with van der Waals surface area (Å²) in [5.41, 5.74) is 2.80. The van der Waals surface area contributed by atoms with Crippen molar-refractivity contribution in [3.8, 4) is 0 Å². The molecule has 2 heterocycles. The molecule has 1 atom stereocenters. The van der Waals surface area contributed by atoms with Crippen molar-refractivity contribution in [1.29, 1.82) is 0 Å². The summed E-state index contributed by atoms with van der Waals surface area (Å²) in [7, 11) is -1.21. The number of carbonyl (C=O) groups is 2. The molecule has 0 bridgehead atoms. The lowest BCUT2D eigenvalue weighted by atomic mass is 9.79. The molecule has 1 aromatic heterocycles. The van der Waals surface area contributed by atoms with Gasteiger partial charge in [0, 0.05) is 32.1 Å². The Kier molecular flexibility index (Phi) is 5.15. The highest BCUT2D eigenvalue weighted by Crippen LogP contribution is 2.49. The number of aromatic nitrogens is 1. The molecule has 30 heavy (non-hydrogen) atoms. The van der Waals surface area contributed by atoms with E-state index in [-0.39, 0.29) is 12.6 Å². The molecule has 8 heteroatoms. The van der Waals surface area contributed by atoms with E-state index < -0.39 is 19.6 Å². The van der Waals surface area contributed by atoms with E-state index in [2.05, 4.69) is 29.9 Å². The molecule has 4 rings (SSSR count). The predicted molar refractivity (Wildman–Crippen MR) is 118 cm³/mol. The Morgan fingerprint density at radius 1 is 1.27 bits per heavy atom. The molecule has 7 nitrogen and oxygen atoms in total. The van der Waals surface area contributed by atoms with Crippen LogP contribution in [0.25, 0.3) is 0 Å². The van der Waals surface area contributed by atoms with Crippen LogP contribution in [0, 0.1) is 0 Å². The first-order chi connectivity index (χ1) is 14.2. The molecule has 0 saturated carbocycles. The maximum absolute atomic E-state index is 13.6. The summed E-state index contributed by atoms with van der Waals surface area (Å²) >= 11 is 0. The van der Waals surface area contributed by atoms with Crippen LogP contribution < -0.4 is 10.2 Å². The fourth-order valence-electron chi connectivity index (χ4n) is 4.33. The fourth-order valence-corrected chi connectivity index (χ4v) is 5.08. The zero-order valence-corrected chi connectivity index (χ0v) is 18.6. The number of benzene rings is 1. The van der Waals surface area contributed by atoms with Gasteiger partial charge in [-0.15, -0.1) is 0 Å². The monoisotopic (exact) mass is 425 g/mol. The molecule has 0 fully saturated rings. The molecule has 0 saturated heterocycles. The smallest absolute Gasteiger partial charge is 0.409 e. The third-order valence-corrected chi connectivity index (χ3v) is 7.58. The normalized spacial score (nSPS) is 19.8. The van der Waals surface area contributed by atoms with Crippen molar-refractivity contribution in [2.45, 2.75) is 43.9 Å². The van der Waals surface area contributed by atoms with E-state index in [9.17, 15) is 9.59 Å². The number of anilines is 2. The maximum Gasteiger partial charge on any atom is 0.409 e. The molecule has 1 aliphatic carbocycles. The molecule has 2 amide bonds. The van der Waals surface area contributed by atoms with Gasteiger partial charge in [-0.2, -0.15) is 0 Å². The van der Waals surface area contributed by atoms with Crippen LogP contribution in [0.4, 0.5) is 16.3 Å². The summed E-state index contributed by atoms with van der Waals surface area (Å²) in [5, 5.41) is 11.4. The Morgan fingerprint density at radius 2 is 2.03 bits per heavy atom. The maximum atomic E-state index is 13.6. The Bertz CT molecular complexity index is 1000. The molecule has 0 radical (unpaired) electrons. The van der Waals surface area contributed by atoms with E-state index in [4.69, 9.17) is 9.84 Å². The Morgan fingerprint density at radius 3 is 2.77 bits per heavy atom. The van der Waals surface area contributed by atoms with Crippen LogP contribution in [0.5, 0.6) is 0 Å². The molecular weight excluding hydrogens is 398 g/mol. The highest BCUT2D eigenvalue weighted by Gasteiger charge is 2.54. The number of nitrogens with one attached hydrogen (secondary N) is 1. The lowest BCUT2D eigenvalue weighted by Crippen LogP contribution is -2.42. The average molecular weight is 426 g/mol. The molecule has 1 aliphatic heterocycles. The van der Waals surface area contributed by atoms with Gasteiger partial charge < -0.3 is 9.84 Å². The minimum absolute atomic E-state index is 0.00754. The van der Waals surface area contributed by atoms with Crippen molar-refractivity contribution in [1.82, 2.24) is 4.98 Å². The Labute approximate surface area is 177 Å². The second kappa shape index (κ2) is 7.52. The molecule has 2 aliphatic rings. The minimum atomic E-state index is -1.21. The van der Waals surface area contributed by atoms with Gasteiger partial charge in [0.15, 0.2) is 0 Å². The SMILES string of the molecule is C[Si](C)(C)CCOCN1C(=O)[C@@]2(Cc3ccc(NC(=O)O)cc3C2)c2cccnc21. The van der Waals surface area contributed by atoms with E-state index in [0.717, 1.165) is 22.7 Å². The lowest BCUT2D eigenvalue weighted by Gasteiger charge is -2.23. The van der Waals surface area contributed by atoms with Gasteiger partial charge in [-0.3, -0.25) is 15.0 Å². The first-order valence-corrected chi connectivity index (χ1v) is 13.9. The van der Waals surface area contributed by atoms with Crippen LogP contribution in [0.3, 0.4) is 0 Å². The quantitative estimate of drug-likeness (QED) is 0.541. The zero-order valence-electron chi connectivity index (χ0n) is 17.6. The number of rotatable bonds is 6. The van der Waals surface area contributed by atoms with Gasteiger partial charge in [-0.05, 0) is 48.2 Å². The van der Waals surface area contributed by atoms with Crippen LogP contribution in [-0.4, -0.2) is 43.5 Å². The number of hydrogen-bond acceptors (Lipinski definition) is 4. The summed E-state index contributed by atoms with van der Waals surface area (Å²) in [6.45, 7) is 7.74. The zero-order chi connectivity index (χ0) is 21.5. The molecule has 158 valence electrons. The summed E-state index contributed by atoms with van der Waals surface area (Å²) in [4.78, 5) is 30.8. The number of hydrogen-bond donors (Lipinski definition) is 2. The van der Waals surface area contributed by atoms with Crippen molar-refractivity contribution < 1.29 is 19.4 Å². The Balaban J connectivity index is 1.58. The van der Waals surface area contributed by atoms with Crippen molar-refractivity contribution in [2.75, 3.05) is 23.6 Å². The van der Waals surface area contributed by atoms with Gasteiger partial charge in [-0.25, -0.2) is 9.78 Å². The number of ether oxygens (including phenoxy) is 1. The van der Waals surface area contributed by atoms with Gasteiger partial charge in [0.2, 0.25) is 5.91 Å². The fraction of sp³-hybridized carbons (Fsp3) is 0.409. The van der Waals surface area contributed by atoms with E-state index in [1.807, 2.05) is 24.3 Å². The number of nitrogens with zero attached hydrogens (tertiary/aromatic N) is 2. The largest absolute Gasteiger partial charge is 0.465 e. The highest BCUT2D eigenvalue weighted by atomic mass is 28.3. The van der Waals surface area contributed by atoms with Crippen LogP contribution in [0.1, 0.15) is 16.7 Å². The molecular formula is C22H27N3O4Si. The number of carbonyl (C=O) groups excluding carboxylic acids is 1. The standard InChI is InChI=1S/C22H27N3O4Si/c1-30(2,3)10-9-29-14-25-19-18(5-4-8-23-19)22(20(25)26)12-15-6-7-17(24-21(27)28)11-16(15)13-22/h4-8,11,24H,9-10,12-14H2,1-3H3,(H,27,28)/t22-/m1/s1. The second-order valence-corrected chi connectivity index (χ2v) is 14.9. The van der Waals surface area contributed by atoms with E-state index in [1.165, 1.54) is 0 Å². The van der Waals surface area contributed by atoms with E-state index in [0.29, 0.717) is 31.0 Å². The minimum Gasteiger partial charge on any atom is -0.465 e. The second-order valence-electron chi connectivity index (χ2n) is 9.31. The topological polar surface area (TPSA) is 91.8 Å². The van der Waals surface area contributed by atoms with Crippen molar-refractivity contribution in [3.63, 3.8) is 0 Å². The van der Waals surface area contributed by atoms with Gasteiger partial charge in [0.1, 0.15) is 12.5 Å². The first kappa shape index (κ1) is 20.6. The summed E-state index contributed by atoms with van der Waals surface area (Å²) in [6.07, 6.45) is 1.71. The van der Waals surface area contributed by atoms with Gasteiger partial charge >= 0.3 is 6.09 Å². The van der Waals surface area contributed by atoms with Crippen molar-refractivity contribution in [2.24, 2.45) is 0 Å². The molecule has 1 spiro atoms. The number of fused-ring (bicyclic) bond motifs is 3. The average Bonchev–Trinajstić information content (AvgIpc) is 3.15. The third kappa shape index (κ3) is 3.72. The first-order valence-electron chi connectivity index (χ1n) is 10.2. The van der Waals surface area contributed by atoms with Crippen LogP contribution in [-0.2, 0) is 27.8 Å². The third-order valence-electron chi connectivity index (χ3n) is 5.87. The Hall–Kier alpha value is -2.71. The molecule has 2 N–H and O–H groups in total.